The third-order valence-corrected chi connectivity index (χ3v) is 5.51. The lowest BCUT2D eigenvalue weighted by molar-refractivity contribution is -0.154. The molecular weight excluding hydrogens is 424 g/mol. The molecule has 0 aromatic carbocycles. The Bertz CT molecular complexity index is 601. The number of hydrogen-bond acceptors (Lipinski definition) is 6. The van der Waals surface area contributed by atoms with E-state index in [0.717, 1.165) is 38.5 Å². The molecule has 0 amide bonds. The van der Waals surface area contributed by atoms with Crippen molar-refractivity contribution < 1.29 is 36.6 Å². The first-order valence-corrected chi connectivity index (χ1v) is 12.7. The number of carbonyl (C=O) groups excluding carboxylic acids is 1. The largest absolute Gasteiger partial charge is 0.480 e. The summed E-state index contributed by atoms with van der Waals surface area (Å²) in [4.78, 5) is 22.3. The van der Waals surface area contributed by atoms with Crippen LogP contribution >= 0.6 is 0 Å². The summed E-state index contributed by atoms with van der Waals surface area (Å²) in [5.74, 6) is -3.14. The third kappa shape index (κ3) is 20.2. The summed E-state index contributed by atoms with van der Waals surface area (Å²) in [7, 11) is -3.10. The Hall–Kier alpha value is -1.45. The summed E-state index contributed by atoms with van der Waals surface area (Å²) in [6.45, 7) is 0.0517. The number of carboxylic acids is 1. The summed E-state index contributed by atoms with van der Waals surface area (Å²) in [6, 6.07) is 0. The van der Waals surface area contributed by atoms with Gasteiger partial charge in [0.1, 0.15) is 0 Å². The van der Waals surface area contributed by atoms with E-state index >= 15 is 0 Å². The molecular formula is C22H40O8S. The van der Waals surface area contributed by atoms with Gasteiger partial charge in [-0.15, -0.1) is 0 Å². The number of carboxylic acid groups (broad SMARTS) is 1. The molecule has 0 heterocycles. The molecule has 31 heavy (non-hydrogen) atoms. The second-order valence-corrected chi connectivity index (χ2v) is 8.85. The zero-order chi connectivity index (χ0) is 23.4. The van der Waals surface area contributed by atoms with Crippen LogP contribution in [-0.2, 0) is 28.9 Å². The molecule has 0 spiro atoms. The first-order valence-electron chi connectivity index (χ1n) is 11.4. The fourth-order valence-electron chi connectivity index (χ4n) is 3.27. The fourth-order valence-corrected chi connectivity index (χ4v) is 3.60. The maximum Gasteiger partial charge on any atom is 0.397 e. The van der Waals surface area contributed by atoms with E-state index in [2.05, 4.69) is 8.92 Å². The number of unbranched alkanes of at least 4 members (excludes halogenated alkanes) is 14. The Morgan fingerprint density at radius 3 is 1.61 bits per heavy atom. The zero-order valence-corrected chi connectivity index (χ0v) is 19.6. The number of carbonyl (C=O) groups is 2. The van der Waals surface area contributed by atoms with Crippen molar-refractivity contribution >= 4 is 22.3 Å². The van der Waals surface area contributed by atoms with Crippen molar-refractivity contribution in [3.8, 4) is 0 Å². The van der Waals surface area contributed by atoms with Crippen LogP contribution in [0.5, 0.6) is 0 Å². The summed E-state index contributed by atoms with van der Waals surface area (Å²) < 4.78 is 37.9. The first-order chi connectivity index (χ1) is 14.8. The van der Waals surface area contributed by atoms with Gasteiger partial charge >= 0.3 is 22.3 Å². The lowest BCUT2D eigenvalue weighted by Crippen LogP contribution is -2.22. The molecule has 1 unspecified atom stereocenters. The molecule has 9 heteroatoms. The molecule has 1 atom stereocenters. The second kappa shape index (κ2) is 19.3. The molecule has 0 aliphatic heterocycles. The van der Waals surface area contributed by atoms with Gasteiger partial charge in [0, 0.05) is 0 Å². The monoisotopic (exact) mass is 464 g/mol. The third-order valence-electron chi connectivity index (χ3n) is 5.05. The van der Waals surface area contributed by atoms with Gasteiger partial charge in [-0.3, -0.25) is 14.1 Å². The molecule has 0 radical (unpaired) electrons. The van der Waals surface area contributed by atoms with Crippen molar-refractivity contribution in [3.63, 3.8) is 0 Å². The molecule has 0 aliphatic rings. The van der Waals surface area contributed by atoms with E-state index < -0.39 is 28.3 Å². The molecule has 0 rings (SSSR count). The molecule has 0 saturated carbocycles. The highest BCUT2D eigenvalue weighted by Crippen LogP contribution is 2.14. The molecule has 0 aromatic rings. The van der Waals surface area contributed by atoms with Crippen molar-refractivity contribution in [2.75, 3.05) is 13.7 Å². The van der Waals surface area contributed by atoms with Crippen LogP contribution in [0.1, 0.15) is 96.3 Å². The molecule has 0 fully saturated rings. The molecule has 0 aliphatic carbocycles. The van der Waals surface area contributed by atoms with E-state index in [4.69, 9.17) is 9.66 Å². The summed E-state index contributed by atoms with van der Waals surface area (Å²) in [6.07, 6.45) is 19.6. The van der Waals surface area contributed by atoms with Crippen LogP contribution in [0, 0.1) is 5.92 Å². The highest BCUT2D eigenvalue weighted by molar-refractivity contribution is 7.80. The second-order valence-electron chi connectivity index (χ2n) is 7.76. The van der Waals surface area contributed by atoms with Gasteiger partial charge in [0.2, 0.25) is 0 Å². The van der Waals surface area contributed by atoms with E-state index in [1.807, 2.05) is 0 Å². The first kappa shape index (κ1) is 29.5. The quantitative estimate of drug-likeness (QED) is 0.0790. The lowest BCUT2D eigenvalue weighted by Gasteiger charge is -2.04. The SMILES string of the molecule is COC(=O)C(C=CCCCCCCCCCCCCCCCCOS(=O)(=O)O)C(=O)O. The van der Waals surface area contributed by atoms with E-state index in [1.54, 1.807) is 6.08 Å². The van der Waals surface area contributed by atoms with Crippen molar-refractivity contribution in [2.24, 2.45) is 5.92 Å². The van der Waals surface area contributed by atoms with E-state index in [0.29, 0.717) is 6.42 Å². The maximum atomic E-state index is 11.3. The molecule has 2 N–H and O–H groups in total. The Labute approximate surface area is 187 Å². The van der Waals surface area contributed by atoms with Gasteiger partial charge in [0.15, 0.2) is 5.92 Å². The maximum absolute atomic E-state index is 11.3. The van der Waals surface area contributed by atoms with Crippen LogP contribution in [0.4, 0.5) is 0 Å². The lowest BCUT2D eigenvalue weighted by atomic mass is 10.0. The minimum atomic E-state index is -4.29. The van der Waals surface area contributed by atoms with Crippen molar-refractivity contribution in [1.29, 1.82) is 0 Å². The van der Waals surface area contributed by atoms with Crippen LogP contribution < -0.4 is 0 Å². The Balaban J connectivity index is 3.36. The normalized spacial score (nSPS) is 12.8. The smallest absolute Gasteiger partial charge is 0.397 e. The number of aliphatic carboxylic acids is 1. The predicted octanol–water partition coefficient (Wildman–Crippen LogP) is 5.09. The van der Waals surface area contributed by atoms with Gasteiger partial charge in [-0.2, -0.15) is 8.42 Å². The average molecular weight is 465 g/mol. The Morgan fingerprint density at radius 1 is 0.806 bits per heavy atom. The molecule has 8 nitrogen and oxygen atoms in total. The Morgan fingerprint density at radius 2 is 1.23 bits per heavy atom. The minimum Gasteiger partial charge on any atom is -0.480 e. The zero-order valence-electron chi connectivity index (χ0n) is 18.8. The minimum absolute atomic E-state index is 0.0517. The highest BCUT2D eigenvalue weighted by atomic mass is 32.3. The molecule has 0 saturated heterocycles. The molecule has 182 valence electrons. The highest BCUT2D eigenvalue weighted by Gasteiger charge is 2.23. The topological polar surface area (TPSA) is 127 Å². The summed E-state index contributed by atoms with van der Waals surface area (Å²) in [5.41, 5.74) is 0. The van der Waals surface area contributed by atoms with Crippen LogP contribution in [0.2, 0.25) is 0 Å². The number of allylic oxidation sites excluding steroid dienone is 1. The van der Waals surface area contributed by atoms with Gasteiger partial charge in [0.05, 0.1) is 13.7 Å². The number of ether oxygens (including phenoxy) is 1. The van der Waals surface area contributed by atoms with Crippen molar-refractivity contribution in [3.05, 3.63) is 12.2 Å². The van der Waals surface area contributed by atoms with Gasteiger partial charge in [-0.05, 0) is 19.3 Å². The van der Waals surface area contributed by atoms with Crippen LogP contribution in [0.15, 0.2) is 12.2 Å². The van der Waals surface area contributed by atoms with Gasteiger partial charge in [-0.25, -0.2) is 4.18 Å². The number of esters is 1. The Kier molecular flexibility index (Phi) is 18.4. The molecule has 0 aromatic heterocycles. The number of hydrogen-bond donors (Lipinski definition) is 2. The van der Waals surface area contributed by atoms with E-state index in [9.17, 15) is 18.0 Å². The summed E-state index contributed by atoms with van der Waals surface area (Å²) in [5, 5.41) is 8.96. The standard InChI is InChI=1S/C22H40O8S/c1-29-22(25)20(21(23)24)18-16-14-12-10-8-6-4-2-3-5-7-9-11-13-15-17-19-30-31(26,27)28/h16,18,20H,2-15,17,19H2,1H3,(H,23,24)(H,26,27,28). The fraction of sp³-hybridized carbons (Fsp3) is 0.818. The van der Waals surface area contributed by atoms with Crippen molar-refractivity contribution in [2.45, 2.75) is 96.3 Å². The van der Waals surface area contributed by atoms with Gasteiger partial charge < -0.3 is 9.84 Å². The summed E-state index contributed by atoms with van der Waals surface area (Å²) >= 11 is 0. The number of methoxy groups -OCH3 is 1. The predicted molar refractivity (Wildman–Crippen MR) is 119 cm³/mol. The molecule has 0 bridgehead atoms. The van der Waals surface area contributed by atoms with E-state index in [1.165, 1.54) is 64.6 Å². The van der Waals surface area contributed by atoms with Crippen LogP contribution in [-0.4, -0.2) is 43.7 Å². The average Bonchev–Trinajstić information content (AvgIpc) is 2.70. The van der Waals surface area contributed by atoms with E-state index in [-0.39, 0.29) is 6.61 Å². The van der Waals surface area contributed by atoms with Crippen LogP contribution in [0.3, 0.4) is 0 Å². The number of rotatable bonds is 21. The van der Waals surface area contributed by atoms with Gasteiger partial charge in [-0.1, -0.05) is 89.2 Å². The van der Waals surface area contributed by atoms with Gasteiger partial charge in [0.25, 0.3) is 0 Å². The van der Waals surface area contributed by atoms with Crippen LogP contribution in [0.25, 0.3) is 0 Å². The van der Waals surface area contributed by atoms with Crippen molar-refractivity contribution in [1.82, 2.24) is 0 Å².